The van der Waals surface area contributed by atoms with Crippen LogP contribution in [0.1, 0.15) is 66.2 Å². The number of rotatable bonds is 5. The summed E-state index contributed by atoms with van der Waals surface area (Å²) in [5.41, 5.74) is -0.317. The summed E-state index contributed by atoms with van der Waals surface area (Å²) in [7, 11) is 1.76. The number of carbonyl (C=O) groups excluding carboxylic acids is 2. The van der Waals surface area contributed by atoms with Crippen LogP contribution in [0.25, 0.3) is 0 Å². The van der Waals surface area contributed by atoms with Crippen LogP contribution < -0.4 is 10.6 Å². The van der Waals surface area contributed by atoms with Gasteiger partial charge in [0.2, 0.25) is 11.8 Å². The van der Waals surface area contributed by atoms with Crippen molar-refractivity contribution in [3.05, 3.63) is 29.8 Å². The van der Waals surface area contributed by atoms with E-state index >= 15 is 0 Å². The van der Waals surface area contributed by atoms with E-state index < -0.39 is 17.7 Å². The van der Waals surface area contributed by atoms with Crippen molar-refractivity contribution < 1.29 is 23.5 Å². The number of halogens is 2. The Hall–Kier alpha value is -2.26. The summed E-state index contributed by atoms with van der Waals surface area (Å²) in [6.45, 7) is 9.86. The third kappa shape index (κ3) is 6.54. The topological polar surface area (TPSA) is 84.9 Å². The van der Waals surface area contributed by atoms with E-state index in [4.69, 9.17) is 5.11 Å². The van der Waals surface area contributed by atoms with Crippen LogP contribution in [0.5, 0.6) is 5.75 Å². The lowest BCUT2D eigenvalue weighted by Gasteiger charge is -2.36. The molecule has 2 heterocycles. The maximum absolute atomic E-state index is 13.5. The zero-order valence-corrected chi connectivity index (χ0v) is 22.2. The average molecular weight is 509 g/mol. The number of phenolic OH excluding ortho intramolecular Hbond substituents is 1. The Balaban J connectivity index is 0.000000338. The van der Waals surface area contributed by atoms with Crippen molar-refractivity contribution in [3.8, 4) is 5.75 Å². The Bertz CT molecular complexity index is 917. The first kappa shape index (κ1) is 28.3. The van der Waals surface area contributed by atoms with Gasteiger partial charge in [-0.2, -0.15) is 0 Å². The maximum Gasteiger partial charge on any atom is 0.245 e. The highest BCUT2D eigenvalue weighted by Gasteiger charge is 2.49. The van der Waals surface area contributed by atoms with Crippen LogP contribution in [0.2, 0.25) is 0 Å². The van der Waals surface area contributed by atoms with Crippen molar-refractivity contribution in [3.63, 3.8) is 0 Å². The first-order valence-corrected chi connectivity index (χ1v) is 13.1. The molecular weight excluding hydrogens is 466 g/mol. The molecule has 3 fully saturated rings. The summed E-state index contributed by atoms with van der Waals surface area (Å²) in [5.74, 6) is -2.27. The van der Waals surface area contributed by atoms with Gasteiger partial charge in [0.25, 0.3) is 0 Å². The highest BCUT2D eigenvalue weighted by atomic mass is 19.2. The van der Waals surface area contributed by atoms with Crippen LogP contribution in [0.4, 0.5) is 8.78 Å². The highest BCUT2D eigenvalue weighted by molar-refractivity contribution is 5.90. The Kier molecular flexibility index (Phi) is 9.33. The van der Waals surface area contributed by atoms with Gasteiger partial charge in [0.15, 0.2) is 11.6 Å². The fourth-order valence-corrected chi connectivity index (χ4v) is 5.68. The van der Waals surface area contributed by atoms with Crippen LogP contribution in [-0.2, 0) is 9.59 Å². The van der Waals surface area contributed by atoms with E-state index in [1.807, 2.05) is 27.7 Å². The minimum Gasteiger partial charge on any atom is -0.508 e. The van der Waals surface area contributed by atoms with Gasteiger partial charge < -0.3 is 20.6 Å². The molecule has 1 aromatic carbocycles. The average Bonchev–Trinajstić information content (AvgIpc) is 3.56. The molecule has 1 aromatic rings. The van der Waals surface area contributed by atoms with Gasteiger partial charge in [-0.25, -0.2) is 8.78 Å². The van der Waals surface area contributed by atoms with E-state index in [1.165, 1.54) is 25.7 Å². The molecule has 1 saturated carbocycles. The number of likely N-dealkylation sites (N-methyl/N-ethyl adjacent to an activating group) is 1. The number of aromatic hydroxyl groups is 1. The molecule has 9 heteroatoms. The number of likely N-dealkylation sites (tertiary alicyclic amines) is 2. The van der Waals surface area contributed by atoms with Gasteiger partial charge in [0.05, 0.1) is 6.04 Å². The van der Waals surface area contributed by atoms with Crippen molar-refractivity contribution in [2.75, 3.05) is 20.1 Å². The molecule has 3 N–H and O–H groups in total. The zero-order valence-electron chi connectivity index (χ0n) is 22.2. The summed E-state index contributed by atoms with van der Waals surface area (Å²) in [5, 5.41) is 14.5. The second-order valence-corrected chi connectivity index (χ2v) is 11.3. The van der Waals surface area contributed by atoms with Gasteiger partial charge in [-0.05, 0) is 57.2 Å². The second-order valence-electron chi connectivity index (χ2n) is 11.3. The fourth-order valence-electron chi connectivity index (χ4n) is 5.68. The molecular formula is C27H42F2N4O3. The normalized spacial score (nSPS) is 24.1. The van der Waals surface area contributed by atoms with E-state index in [0.717, 1.165) is 50.2 Å². The van der Waals surface area contributed by atoms with Crippen LogP contribution in [0, 0.1) is 17.0 Å². The number of fused-ring (bicyclic) bond motifs is 1. The fraction of sp³-hybridized carbons (Fsp3) is 0.704. The summed E-state index contributed by atoms with van der Waals surface area (Å²) in [6, 6.07) is 3.44. The van der Waals surface area contributed by atoms with Crippen LogP contribution in [0.3, 0.4) is 0 Å². The molecule has 2 aliphatic heterocycles. The van der Waals surface area contributed by atoms with Gasteiger partial charge in [0, 0.05) is 37.3 Å². The molecule has 4 rings (SSSR count). The Morgan fingerprint density at radius 1 is 1.03 bits per heavy atom. The minimum atomic E-state index is -1.03. The predicted molar refractivity (Wildman–Crippen MR) is 135 cm³/mol. The Morgan fingerprint density at radius 2 is 1.67 bits per heavy atom. The SMILES string of the molecule is CN[C@@H](C)C(=O)NC(C(=O)N1CCC2C1CCN2C1CCCC1)C(C)(C)C.Oc1ccc(F)c(F)c1. The highest BCUT2D eigenvalue weighted by Crippen LogP contribution is 2.38. The van der Waals surface area contributed by atoms with E-state index in [-0.39, 0.29) is 29.0 Å². The standard InChI is InChI=1S/C21H38N4O2.C6H4F2O/c1-14(22-5)19(26)23-18(21(2,3)4)20(27)25-13-11-16-17(25)10-12-24(16)15-8-6-7-9-15;7-5-2-1-4(9)3-6(5)8/h14-18,22H,6-13H2,1-5H3,(H,23,26);1-3,9H/t14-,16?,17?,18?;/m0./s1. The molecule has 7 nitrogen and oxygen atoms in total. The molecule has 2 amide bonds. The van der Waals surface area contributed by atoms with Crippen LogP contribution in [-0.4, -0.2) is 77.1 Å². The monoisotopic (exact) mass is 508 g/mol. The lowest BCUT2D eigenvalue weighted by molar-refractivity contribution is -0.140. The number of phenols is 1. The summed E-state index contributed by atoms with van der Waals surface area (Å²) in [6.07, 6.45) is 7.49. The summed E-state index contributed by atoms with van der Waals surface area (Å²) < 4.78 is 24.1. The van der Waals surface area contributed by atoms with Gasteiger partial charge >= 0.3 is 0 Å². The largest absolute Gasteiger partial charge is 0.508 e. The lowest BCUT2D eigenvalue weighted by Crippen LogP contribution is -2.58. The summed E-state index contributed by atoms with van der Waals surface area (Å²) >= 11 is 0. The first-order chi connectivity index (χ1) is 16.9. The molecule has 0 radical (unpaired) electrons. The maximum atomic E-state index is 13.5. The minimum absolute atomic E-state index is 0.0972. The van der Waals surface area contributed by atoms with E-state index in [9.17, 15) is 18.4 Å². The van der Waals surface area contributed by atoms with Crippen LogP contribution in [0.15, 0.2) is 18.2 Å². The third-order valence-corrected chi connectivity index (χ3v) is 7.83. The lowest BCUT2D eigenvalue weighted by atomic mass is 9.85. The van der Waals surface area contributed by atoms with E-state index in [0.29, 0.717) is 12.1 Å². The second kappa shape index (κ2) is 11.9. The molecule has 3 unspecified atom stereocenters. The molecule has 1 aliphatic carbocycles. The number of hydrogen-bond donors (Lipinski definition) is 3. The quantitative estimate of drug-likeness (QED) is 0.568. The van der Waals surface area contributed by atoms with E-state index in [1.54, 1.807) is 7.05 Å². The molecule has 3 aliphatic rings. The van der Waals surface area contributed by atoms with Crippen molar-refractivity contribution in [1.29, 1.82) is 0 Å². The zero-order chi connectivity index (χ0) is 26.6. The van der Waals surface area contributed by atoms with Gasteiger partial charge in [-0.1, -0.05) is 33.6 Å². The van der Waals surface area contributed by atoms with Gasteiger partial charge in [-0.3, -0.25) is 14.5 Å². The Labute approximate surface area is 213 Å². The van der Waals surface area contributed by atoms with Crippen molar-refractivity contribution in [1.82, 2.24) is 20.4 Å². The van der Waals surface area contributed by atoms with Crippen molar-refractivity contribution in [2.45, 2.75) is 96.4 Å². The van der Waals surface area contributed by atoms with Crippen molar-refractivity contribution in [2.24, 2.45) is 5.41 Å². The third-order valence-electron chi connectivity index (χ3n) is 7.83. The van der Waals surface area contributed by atoms with Gasteiger partial charge in [-0.15, -0.1) is 0 Å². The number of carbonyl (C=O) groups is 2. The molecule has 36 heavy (non-hydrogen) atoms. The molecule has 0 aromatic heterocycles. The van der Waals surface area contributed by atoms with E-state index in [2.05, 4.69) is 20.4 Å². The summed E-state index contributed by atoms with van der Waals surface area (Å²) in [4.78, 5) is 30.7. The molecule has 202 valence electrons. The molecule has 0 spiro atoms. The smallest absolute Gasteiger partial charge is 0.245 e. The Morgan fingerprint density at radius 3 is 2.22 bits per heavy atom. The number of hydrogen-bond acceptors (Lipinski definition) is 5. The molecule has 0 bridgehead atoms. The first-order valence-electron chi connectivity index (χ1n) is 13.1. The van der Waals surface area contributed by atoms with Crippen LogP contribution >= 0.6 is 0 Å². The number of nitrogens with zero attached hydrogens (tertiary/aromatic N) is 2. The molecule has 4 atom stereocenters. The van der Waals surface area contributed by atoms with Gasteiger partial charge in [0.1, 0.15) is 11.8 Å². The van der Waals surface area contributed by atoms with Crippen molar-refractivity contribution >= 4 is 11.8 Å². The number of amides is 2. The number of nitrogens with one attached hydrogen (secondary N) is 2. The predicted octanol–water partition coefficient (Wildman–Crippen LogP) is 3.41. The number of benzene rings is 1. The molecule has 2 saturated heterocycles.